The molecule has 0 fully saturated rings. The van der Waals surface area contributed by atoms with Gasteiger partial charge in [0.05, 0.1) is 0 Å². The van der Waals surface area contributed by atoms with Crippen LogP contribution in [0.25, 0.3) is 16.9 Å². The number of imidazole rings is 1. The third kappa shape index (κ3) is 1.83. The predicted octanol–water partition coefficient (Wildman–Crippen LogP) is 4.27. The van der Waals surface area contributed by atoms with Crippen LogP contribution in [0.4, 0.5) is 5.82 Å². The molecule has 20 heavy (non-hydrogen) atoms. The summed E-state index contributed by atoms with van der Waals surface area (Å²) in [6.45, 7) is 6.24. The van der Waals surface area contributed by atoms with E-state index in [1.165, 1.54) is 11.1 Å². The van der Waals surface area contributed by atoms with E-state index < -0.39 is 0 Å². The molecule has 3 rings (SSSR count). The smallest absolute Gasteiger partial charge is 0.139 e. The van der Waals surface area contributed by atoms with Crippen molar-refractivity contribution in [3.05, 3.63) is 51.6 Å². The third-order valence-corrected chi connectivity index (χ3v) is 4.70. The van der Waals surface area contributed by atoms with Gasteiger partial charge in [-0.15, -0.1) is 0 Å². The van der Waals surface area contributed by atoms with E-state index in [9.17, 15) is 0 Å². The van der Waals surface area contributed by atoms with E-state index in [0.29, 0.717) is 5.82 Å². The van der Waals surface area contributed by atoms with E-state index >= 15 is 0 Å². The topological polar surface area (TPSA) is 43.3 Å². The summed E-state index contributed by atoms with van der Waals surface area (Å²) < 4.78 is 3.02. The number of fused-ring (bicyclic) bond motifs is 1. The van der Waals surface area contributed by atoms with Crippen LogP contribution in [0.2, 0.25) is 0 Å². The summed E-state index contributed by atoms with van der Waals surface area (Å²) in [6, 6.07) is 10.2. The number of rotatable bonds is 1. The minimum absolute atomic E-state index is 0.688. The fourth-order valence-corrected chi connectivity index (χ4v) is 2.81. The zero-order valence-corrected chi connectivity index (χ0v) is 13.3. The number of aryl methyl sites for hydroxylation is 2. The molecule has 102 valence electrons. The molecule has 1 aromatic carbocycles. The van der Waals surface area contributed by atoms with Crippen LogP contribution in [0.1, 0.15) is 16.8 Å². The maximum absolute atomic E-state index is 6.34. The molecular weight excluding hydrogens is 314 g/mol. The van der Waals surface area contributed by atoms with Crippen molar-refractivity contribution in [1.29, 1.82) is 0 Å². The van der Waals surface area contributed by atoms with Crippen molar-refractivity contribution in [2.75, 3.05) is 5.73 Å². The van der Waals surface area contributed by atoms with Crippen LogP contribution in [-0.4, -0.2) is 9.38 Å². The zero-order chi connectivity index (χ0) is 14.4. The van der Waals surface area contributed by atoms with Gasteiger partial charge in [0.1, 0.15) is 17.2 Å². The highest BCUT2D eigenvalue weighted by molar-refractivity contribution is 9.10. The van der Waals surface area contributed by atoms with Crippen molar-refractivity contribution < 1.29 is 0 Å². The molecule has 0 aliphatic heterocycles. The molecule has 0 aliphatic carbocycles. The monoisotopic (exact) mass is 329 g/mol. The van der Waals surface area contributed by atoms with E-state index in [4.69, 9.17) is 10.7 Å². The van der Waals surface area contributed by atoms with Gasteiger partial charge in [-0.05, 0) is 60.0 Å². The van der Waals surface area contributed by atoms with Gasteiger partial charge in [-0.25, -0.2) is 4.98 Å². The van der Waals surface area contributed by atoms with Crippen molar-refractivity contribution in [1.82, 2.24) is 9.38 Å². The first-order valence-corrected chi connectivity index (χ1v) is 7.29. The van der Waals surface area contributed by atoms with Gasteiger partial charge in [0.25, 0.3) is 0 Å². The molecule has 0 amide bonds. The van der Waals surface area contributed by atoms with E-state index in [1.54, 1.807) is 0 Å². The molecule has 0 bridgehead atoms. The summed E-state index contributed by atoms with van der Waals surface area (Å²) in [6.07, 6.45) is 0. The summed E-state index contributed by atoms with van der Waals surface area (Å²) in [5, 5.41) is 0. The Morgan fingerprint density at radius 3 is 2.60 bits per heavy atom. The summed E-state index contributed by atoms with van der Waals surface area (Å²) >= 11 is 3.54. The lowest BCUT2D eigenvalue weighted by molar-refractivity contribution is 1.09. The normalized spacial score (nSPS) is 11.2. The standard InChI is InChI=1S/C16H16BrN3/c1-9-5-4-6-12(10(9)2)15-16(18)20-11(3)13(17)7-8-14(20)19-15/h4-8H,18H2,1-3H3. The number of aromatic nitrogens is 2. The minimum atomic E-state index is 0.688. The Hall–Kier alpha value is -1.81. The van der Waals surface area contributed by atoms with Crippen molar-refractivity contribution in [2.45, 2.75) is 20.8 Å². The lowest BCUT2D eigenvalue weighted by Gasteiger charge is -2.07. The molecule has 3 nitrogen and oxygen atoms in total. The Balaban J connectivity index is 2.36. The van der Waals surface area contributed by atoms with Crippen LogP contribution in [-0.2, 0) is 0 Å². The quantitative estimate of drug-likeness (QED) is 0.724. The molecule has 2 heterocycles. The Labute approximate surface area is 126 Å². The van der Waals surface area contributed by atoms with Gasteiger partial charge in [0, 0.05) is 15.7 Å². The second kappa shape index (κ2) is 4.63. The van der Waals surface area contributed by atoms with Crippen molar-refractivity contribution >= 4 is 27.4 Å². The Morgan fingerprint density at radius 1 is 1.10 bits per heavy atom. The van der Waals surface area contributed by atoms with Crippen LogP contribution in [0, 0.1) is 20.8 Å². The van der Waals surface area contributed by atoms with Gasteiger partial charge < -0.3 is 5.73 Å². The van der Waals surface area contributed by atoms with Crippen LogP contribution >= 0.6 is 15.9 Å². The summed E-state index contributed by atoms with van der Waals surface area (Å²) in [5.41, 5.74) is 12.7. The summed E-state index contributed by atoms with van der Waals surface area (Å²) in [5.74, 6) is 0.688. The average molecular weight is 330 g/mol. The second-order valence-electron chi connectivity index (χ2n) is 5.05. The largest absolute Gasteiger partial charge is 0.383 e. The zero-order valence-electron chi connectivity index (χ0n) is 11.7. The van der Waals surface area contributed by atoms with Gasteiger partial charge in [-0.1, -0.05) is 18.2 Å². The van der Waals surface area contributed by atoms with Crippen LogP contribution in [0.15, 0.2) is 34.8 Å². The molecule has 2 aromatic heterocycles. The summed E-state index contributed by atoms with van der Waals surface area (Å²) in [4.78, 5) is 4.70. The Kier molecular flexibility index (Phi) is 3.05. The highest BCUT2D eigenvalue weighted by Gasteiger charge is 2.15. The number of hydrogen-bond donors (Lipinski definition) is 1. The first-order valence-electron chi connectivity index (χ1n) is 6.50. The minimum Gasteiger partial charge on any atom is -0.383 e. The first kappa shape index (κ1) is 13.2. The number of benzene rings is 1. The fourth-order valence-electron chi connectivity index (χ4n) is 2.50. The number of hydrogen-bond acceptors (Lipinski definition) is 2. The highest BCUT2D eigenvalue weighted by Crippen LogP contribution is 2.32. The molecule has 0 saturated heterocycles. The Bertz CT molecular complexity index is 818. The van der Waals surface area contributed by atoms with Crippen LogP contribution in [0.5, 0.6) is 0 Å². The number of anilines is 1. The molecular formula is C16H16BrN3. The van der Waals surface area contributed by atoms with Gasteiger partial charge in [-0.3, -0.25) is 4.40 Å². The Morgan fingerprint density at radius 2 is 1.85 bits per heavy atom. The van der Waals surface area contributed by atoms with Crippen molar-refractivity contribution in [2.24, 2.45) is 0 Å². The second-order valence-corrected chi connectivity index (χ2v) is 5.91. The number of pyridine rings is 1. The number of nitrogen functional groups attached to an aromatic ring is 1. The molecule has 0 spiro atoms. The van der Waals surface area contributed by atoms with E-state index in [2.05, 4.69) is 41.9 Å². The molecule has 0 unspecified atom stereocenters. The highest BCUT2D eigenvalue weighted by atomic mass is 79.9. The van der Waals surface area contributed by atoms with Crippen molar-refractivity contribution in [3.63, 3.8) is 0 Å². The van der Waals surface area contributed by atoms with Crippen molar-refractivity contribution in [3.8, 4) is 11.3 Å². The van der Waals surface area contributed by atoms with E-state index in [-0.39, 0.29) is 0 Å². The first-order chi connectivity index (χ1) is 9.50. The van der Waals surface area contributed by atoms with Gasteiger partial charge >= 0.3 is 0 Å². The maximum Gasteiger partial charge on any atom is 0.139 e. The predicted molar refractivity (Wildman–Crippen MR) is 87.0 cm³/mol. The van der Waals surface area contributed by atoms with Crippen LogP contribution < -0.4 is 5.73 Å². The number of nitrogens with two attached hydrogens (primary N) is 1. The average Bonchev–Trinajstić information content (AvgIpc) is 2.75. The van der Waals surface area contributed by atoms with Gasteiger partial charge in [0.2, 0.25) is 0 Å². The van der Waals surface area contributed by atoms with E-state index in [0.717, 1.165) is 27.1 Å². The molecule has 0 atom stereocenters. The molecule has 0 radical (unpaired) electrons. The fraction of sp³-hybridized carbons (Fsp3) is 0.188. The molecule has 0 saturated carbocycles. The SMILES string of the molecule is Cc1cccc(-c2nc3ccc(Br)c(C)n3c2N)c1C. The number of nitrogens with zero attached hydrogens (tertiary/aromatic N) is 2. The van der Waals surface area contributed by atoms with Gasteiger partial charge in [-0.2, -0.15) is 0 Å². The summed E-state index contributed by atoms with van der Waals surface area (Å²) in [7, 11) is 0. The van der Waals surface area contributed by atoms with Crippen LogP contribution in [0.3, 0.4) is 0 Å². The lowest BCUT2D eigenvalue weighted by atomic mass is 10.0. The molecule has 2 N–H and O–H groups in total. The third-order valence-electron chi connectivity index (χ3n) is 3.86. The molecule has 0 aliphatic rings. The molecule has 3 aromatic rings. The van der Waals surface area contributed by atoms with Gasteiger partial charge in [0.15, 0.2) is 0 Å². The molecule has 4 heteroatoms. The van der Waals surface area contributed by atoms with E-state index in [1.807, 2.05) is 29.5 Å². The number of halogens is 1. The lowest BCUT2D eigenvalue weighted by Crippen LogP contribution is -1.99. The maximum atomic E-state index is 6.34.